The second-order valence-electron chi connectivity index (χ2n) is 13.7. The summed E-state index contributed by atoms with van der Waals surface area (Å²) in [6.07, 6.45) is 5.97. The number of carbonyl (C=O) groups is 3. The van der Waals surface area contributed by atoms with E-state index in [0.29, 0.717) is 31.2 Å². The van der Waals surface area contributed by atoms with E-state index in [0.717, 1.165) is 17.9 Å². The van der Waals surface area contributed by atoms with E-state index in [1.165, 1.54) is 6.07 Å². The second-order valence-corrected chi connectivity index (χ2v) is 13.7. The Kier molecular flexibility index (Phi) is 10.1. The largest absolute Gasteiger partial charge is 0.461 e. The van der Waals surface area contributed by atoms with Crippen molar-refractivity contribution in [3.8, 4) is 5.75 Å². The van der Waals surface area contributed by atoms with Crippen LogP contribution in [-0.2, 0) is 28.5 Å². The van der Waals surface area contributed by atoms with Crippen LogP contribution in [0, 0.1) is 5.82 Å². The normalized spacial score (nSPS) is 26.0. The predicted molar refractivity (Wildman–Crippen MR) is 161 cm³/mol. The zero-order valence-corrected chi connectivity index (χ0v) is 26.7. The van der Waals surface area contributed by atoms with Crippen molar-refractivity contribution in [1.29, 1.82) is 0 Å². The number of amides is 2. The third kappa shape index (κ3) is 8.38. The average Bonchev–Trinajstić information content (AvgIpc) is 3.16. The molecule has 4 rings (SSSR count). The smallest absolute Gasteiger partial charge is 0.410 e. The molecule has 2 aliphatic heterocycles. The molecule has 2 fully saturated rings. The molecule has 1 N–H and O–H groups in total. The topological polar surface area (TPSA) is 113 Å². The third-order valence-corrected chi connectivity index (χ3v) is 7.66. The van der Waals surface area contributed by atoms with Crippen molar-refractivity contribution in [2.75, 3.05) is 19.8 Å². The van der Waals surface area contributed by atoms with Gasteiger partial charge in [-0.25, -0.2) is 14.0 Å². The minimum absolute atomic E-state index is 0.0189. The van der Waals surface area contributed by atoms with Crippen LogP contribution in [0.2, 0.25) is 0 Å². The second kappa shape index (κ2) is 13.3. The highest BCUT2D eigenvalue weighted by Gasteiger charge is 2.56. The Morgan fingerprint density at radius 2 is 1.89 bits per heavy atom. The molecule has 3 unspecified atom stereocenters. The summed E-state index contributed by atoms with van der Waals surface area (Å²) >= 11 is 0. The van der Waals surface area contributed by atoms with Crippen molar-refractivity contribution in [2.45, 2.75) is 109 Å². The molecule has 1 aromatic carbocycles. The molecule has 1 aliphatic carbocycles. The summed E-state index contributed by atoms with van der Waals surface area (Å²) < 4.78 is 43.3. The summed E-state index contributed by atoms with van der Waals surface area (Å²) in [7, 11) is 0. The summed E-state index contributed by atoms with van der Waals surface area (Å²) in [5.74, 6) is -1.33. The number of benzene rings is 1. The standard InChI is InChI=1S/C33H45FN2O8/c1-21-17-33(20-40-19-27(37)35-33)26(36(21)30(39)44-32(5,6)7)18-42-23-13-11-22(12-14-23)24-9-8-10-25(34)29(24)41-16-15-28(38)43-31(2,3)4/h8-11,15-16,21,23,26H,12-14,17-20H2,1-7H3,(H,35,37)/b16-15+/t21-,23?,26?,33?/m1/s1. The first-order valence-electron chi connectivity index (χ1n) is 15.1. The fourth-order valence-electron chi connectivity index (χ4n) is 5.97. The van der Waals surface area contributed by atoms with Crippen LogP contribution in [0.25, 0.3) is 5.57 Å². The van der Waals surface area contributed by atoms with Gasteiger partial charge in [0, 0.05) is 11.6 Å². The van der Waals surface area contributed by atoms with E-state index in [4.69, 9.17) is 23.7 Å². The van der Waals surface area contributed by atoms with Gasteiger partial charge in [-0.05, 0) is 85.8 Å². The number of halogens is 1. The maximum absolute atomic E-state index is 14.8. The summed E-state index contributed by atoms with van der Waals surface area (Å²) in [5, 5.41) is 3.09. The van der Waals surface area contributed by atoms with Gasteiger partial charge in [0.2, 0.25) is 5.91 Å². The van der Waals surface area contributed by atoms with E-state index in [-0.39, 0.29) is 43.6 Å². The van der Waals surface area contributed by atoms with Gasteiger partial charge in [-0.2, -0.15) is 0 Å². The van der Waals surface area contributed by atoms with Crippen molar-refractivity contribution < 1.29 is 42.5 Å². The fourth-order valence-corrected chi connectivity index (χ4v) is 5.97. The highest BCUT2D eigenvalue weighted by atomic mass is 19.1. The van der Waals surface area contributed by atoms with Crippen molar-refractivity contribution >= 4 is 23.5 Å². The van der Waals surface area contributed by atoms with E-state index >= 15 is 0 Å². The molecule has 2 saturated heterocycles. The zero-order valence-electron chi connectivity index (χ0n) is 26.7. The SMILES string of the molecule is C[C@@H]1CC2(COCC(=O)N2)C(COC2CC=C(c3cccc(F)c3O/C=C/C(=O)OC(C)(C)C)CC2)N1C(=O)OC(C)(C)C. The lowest BCUT2D eigenvalue weighted by atomic mass is 9.88. The zero-order chi connectivity index (χ0) is 32.3. The van der Waals surface area contributed by atoms with Gasteiger partial charge in [-0.1, -0.05) is 18.2 Å². The summed E-state index contributed by atoms with van der Waals surface area (Å²) in [6, 6.07) is 4.01. The molecule has 4 atom stereocenters. The van der Waals surface area contributed by atoms with Gasteiger partial charge in [0.15, 0.2) is 11.6 Å². The van der Waals surface area contributed by atoms with E-state index in [2.05, 4.69) is 5.32 Å². The molecule has 242 valence electrons. The fraction of sp³-hybridized carbons (Fsp3) is 0.606. The van der Waals surface area contributed by atoms with Crippen molar-refractivity contribution in [2.24, 2.45) is 0 Å². The molecule has 2 amide bonds. The Hall–Kier alpha value is -3.44. The van der Waals surface area contributed by atoms with Crippen molar-refractivity contribution in [1.82, 2.24) is 10.2 Å². The molecule has 1 aromatic rings. The minimum atomic E-state index is -0.776. The molecule has 0 radical (unpaired) electrons. The number of likely N-dealkylation sites (tertiary alicyclic amines) is 1. The van der Waals surface area contributed by atoms with Crippen LogP contribution >= 0.6 is 0 Å². The molecule has 1 spiro atoms. The number of rotatable bonds is 7. The molecule has 44 heavy (non-hydrogen) atoms. The summed E-state index contributed by atoms with van der Waals surface area (Å²) in [6.45, 7) is 13.1. The van der Waals surface area contributed by atoms with Gasteiger partial charge in [-0.3, -0.25) is 9.69 Å². The molecular formula is C33H45FN2O8. The number of hydrogen-bond acceptors (Lipinski definition) is 8. The van der Waals surface area contributed by atoms with E-state index < -0.39 is 40.7 Å². The minimum Gasteiger partial charge on any atom is -0.461 e. The van der Waals surface area contributed by atoms with E-state index in [1.807, 2.05) is 33.8 Å². The van der Waals surface area contributed by atoms with Gasteiger partial charge in [0.1, 0.15) is 17.8 Å². The number of hydrogen-bond donors (Lipinski definition) is 1. The van der Waals surface area contributed by atoms with E-state index in [9.17, 15) is 18.8 Å². The highest BCUT2D eigenvalue weighted by Crippen LogP contribution is 2.39. The van der Waals surface area contributed by atoms with Crippen LogP contribution in [0.1, 0.15) is 79.7 Å². The van der Waals surface area contributed by atoms with E-state index in [1.54, 1.807) is 37.8 Å². The molecule has 11 heteroatoms. The Morgan fingerprint density at radius 3 is 2.52 bits per heavy atom. The van der Waals surface area contributed by atoms with Crippen LogP contribution in [-0.4, -0.2) is 77.6 Å². The van der Waals surface area contributed by atoms with Gasteiger partial charge >= 0.3 is 12.1 Å². The Bertz CT molecular complexity index is 1300. The summed E-state index contributed by atoms with van der Waals surface area (Å²) in [4.78, 5) is 39.3. The van der Waals surface area contributed by atoms with Crippen LogP contribution in [0.5, 0.6) is 5.75 Å². The van der Waals surface area contributed by atoms with Gasteiger partial charge in [-0.15, -0.1) is 0 Å². The number of allylic oxidation sites excluding steroid dienone is 1. The first-order valence-corrected chi connectivity index (χ1v) is 15.1. The molecule has 10 nitrogen and oxygen atoms in total. The first-order chi connectivity index (χ1) is 20.6. The number of nitrogens with one attached hydrogen (secondary N) is 1. The van der Waals surface area contributed by atoms with Crippen LogP contribution in [0.15, 0.2) is 36.6 Å². The molecule has 0 saturated carbocycles. The van der Waals surface area contributed by atoms with Gasteiger partial charge < -0.3 is 29.0 Å². The van der Waals surface area contributed by atoms with Gasteiger partial charge in [0.05, 0.1) is 43.2 Å². The number of morpholine rings is 1. The van der Waals surface area contributed by atoms with Crippen molar-refractivity contribution in [3.63, 3.8) is 0 Å². The molecule has 2 heterocycles. The van der Waals surface area contributed by atoms with Crippen LogP contribution in [0.3, 0.4) is 0 Å². The molecule has 0 bridgehead atoms. The lowest BCUT2D eigenvalue weighted by Gasteiger charge is -2.41. The Morgan fingerprint density at radius 1 is 1.16 bits per heavy atom. The third-order valence-electron chi connectivity index (χ3n) is 7.66. The van der Waals surface area contributed by atoms with Crippen LogP contribution in [0.4, 0.5) is 9.18 Å². The highest BCUT2D eigenvalue weighted by molar-refractivity contribution is 5.82. The Balaban J connectivity index is 1.45. The maximum atomic E-state index is 14.8. The lowest BCUT2D eigenvalue weighted by molar-refractivity contribution is -0.148. The quantitative estimate of drug-likeness (QED) is 0.250. The molecular weight excluding hydrogens is 571 g/mol. The monoisotopic (exact) mass is 616 g/mol. The average molecular weight is 617 g/mol. The summed E-state index contributed by atoms with van der Waals surface area (Å²) in [5.41, 5.74) is -0.612. The number of ether oxygens (including phenoxy) is 5. The lowest BCUT2D eigenvalue weighted by Crippen LogP contribution is -2.65. The Labute approximate surface area is 258 Å². The first kappa shape index (κ1) is 33.5. The van der Waals surface area contributed by atoms with Crippen molar-refractivity contribution in [3.05, 3.63) is 48.0 Å². The van der Waals surface area contributed by atoms with Crippen LogP contribution < -0.4 is 10.1 Å². The number of esters is 1. The number of carbonyl (C=O) groups excluding carboxylic acids is 3. The molecule has 3 aliphatic rings. The molecule has 0 aromatic heterocycles. The maximum Gasteiger partial charge on any atom is 0.410 e. The van der Waals surface area contributed by atoms with Gasteiger partial charge in [0.25, 0.3) is 0 Å². The predicted octanol–water partition coefficient (Wildman–Crippen LogP) is 5.30. The number of para-hydroxylation sites is 1. The number of nitrogens with zero attached hydrogens (tertiary/aromatic N) is 1.